The van der Waals surface area contributed by atoms with Gasteiger partial charge in [0.05, 0.1) is 25.8 Å². The van der Waals surface area contributed by atoms with E-state index in [4.69, 9.17) is 0 Å². The van der Waals surface area contributed by atoms with E-state index >= 15 is 0 Å². The van der Waals surface area contributed by atoms with Gasteiger partial charge in [-0.05, 0) is 24.3 Å². The highest BCUT2D eigenvalue weighted by Crippen LogP contribution is 2.25. The largest absolute Gasteiger partial charge is 0.465 e. The van der Waals surface area contributed by atoms with Crippen LogP contribution in [0.3, 0.4) is 0 Å². The number of ether oxygens (including phenoxy) is 2. The monoisotopic (exact) mass is 326 g/mol. The van der Waals surface area contributed by atoms with E-state index in [0.717, 1.165) is 6.42 Å². The maximum absolute atomic E-state index is 12.3. The average Bonchev–Trinajstić information content (AvgIpc) is 3.01. The molecule has 2 rings (SSSR count). The van der Waals surface area contributed by atoms with Crippen LogP contribution in [0.1, 0.15) is 22.5 Å². The number of nitrogens with zero attached hydrogens (tertiary/aromatic N) is 1. The molecule has 1 aliphatic rings. The number of carbonyl (C=O) groups is 3. The number of methoxy groups -OCH3 is 2. The number of esters is 1. The van der Waals surface area contributed by atoms with Crippen molar-refractivity contribution in [3.05, 3.63) is 16.3 Å². The summed E-state index contributed by atoms with van der Waals surface area (Å²) in [6.45, 7) is 0.901. The van der Waals surface area contributed by atoms with Crippen molar-refractivity contribution >= 4 is 35.0 Å². The van der Waals surface area contributed by atoms with Gasteiger partial charge in [-0.3, -0.25) is 4.79 Å². The Hall–Kier alpha value is -2.09. The molecule has 1 aromatic heterocycles. The predicted octanol–water partition coefficient (Wildman–Crippen LogP) is 1.95. The molecule has 120 valence electrons. The molecule has 0 spiro atoms. The number of hydrogen-bond acceptors (Lipinski definition) is 6. The van der Waals surface area contributed by atoms with Crippen LogP contribution in [-0.2, 0) is 14.3 Å². The normalized spacial score (nSPS) is 17.7. The van der Waals surface area contributed by atoms with Crippen LogP contribution < -0.4 is 5.32 Å². The Morgan fingerprint density at radius 3 is 2.77 bits per heavy atom. The summed E-state index contributed by atoms with van der Waals surface area (Å²) in [6.07, 6.45) is 1.00. The van der Waals surface area contributed by atoms with Gasteiger partial charge in [-0.1, -0.05) is 0 Å². The summed E-state index contributed by atoms with van der Waals surface area (Å²) in [6, 6.07) is 1.66. The third-order valence-electron chi connectivity index (χ3n) is 3.52. The molecule has 1 atom stereocenters. The lowest BCUT2D eigenvalue weighted by atomic mass is 9.97. The smallest absolute Gasteiger partial charge is 0.409 e. The van der Waals surface area contributed by atoms with Crippen LogP contribution in [0.5, 0.6) is 0 Å². The van der Waals surface area contributed by atoms with Crippen molar-refractivity contribution < 1.29 is 23.9 Å². The Labute approximate surface area is 132 Å². The van der Waals surface area contributed by atoms with Gasteiger partial charge in [0.25, 0.3) is 0 Å². The molecule has 0 bridgehead atoms. The van der Waals surface area contributed by atoms with E-state index in [1.165, 1.54) is 30.5 Å². The van der Waals surface area contributed by atoms with Crippen molar-refractivity contribution in [2.75, 3.05) is 32.6 Å². The van der Waals surface area contributed by atoms with Crippen molar-refractivity contribution in [2.24, 2.45) is 5.92 Å². The van der Waals surface area contributed by atoms with E-state index < -0.39 is 12.1 Å². The molecule has 8 heteroatoms. The Morgan fingerprint density at radius 2 is 2.09 bits per heavy atom. The Bertz CT molecular complexity index is 571. The molecule has 2 heterocycles. The van der Waals surface area contributed by atoms with Gasteiger partial charge in [-0.15, -0.1) is 11.3 Å². The summed E-state index contributed by atoms with van der Waals surface area (Å²) in [5.74, 6) is -1.01. The molecule has 0 aliphatic carbocycles. The number of anilines is 1. The van der Waals surface area contributed by atoms with Crippen LogP contribution in [0, 0.1) is 5.92 Å². The highest BCUT2D eigenvalue weighted by Gasteiger charge is 2.29. The lowest BCUT2D eigenvalue weighted by Crippen LogP contribution is -2.43. The number of rotatable bonds is 3. The molecule has 2 amide bonds. The zero-order valence-electron chi connectivity index (χ0n) is 12.5. The number of nitrogens with one attached hydrogen (secondary N) is 1. The van der Waals surface area contributed by atoms with Crippen molar-refractivity contribution in [2.45, 2.75) is 12.8 Å². The number of piperidine rings is 1. The molecule has 22 heavy (non-hydrogen) atoms. The Kier molecular flexibility index (Phi) is 5.37. The molecule has 0 radical (unpaired) electrons. The summed E-state index contributed by atoms with van der Waals surface area (Å²) in [5, 5.41) is 4.46. The summed E-state index contributed by atoms with van der Waals surface area (Å²) in [4.78, 5) is 37.4. The van der Waals surface area contributed by atoms with Crippen LogP contribution >= 0.6 is 11.3 Å². The van der Waals surface area contributed by atoms with E-state index in [2.05, 4.69) is 14.8 Å². The zero-order chi connectivity index (χ0) is 16.1. The van der Waals surface area contributed by atoms with Crippen molar-refractivity contribution in [3.63, 3.8) is 0 Å². The minimum absolute atomic E-state index is 0.211. The first kappa shape index (κ1) is 16.3. The fourth-order valence-corrected chi connectivity index (χ4v) is 3.15. The molecule has 0 aromatic carbocycles. The highest BCUT2D eigenvalue weighted by molar-refractivity contribution is 7.12. The van der Waals surface area contributed by atoms with Gasteiger partial charge in [0.15, 0.2) is 0 Å². The third kappa shape index (κ3) is 3.56. The van der Waals surface area contributed by atoms with Crippen LogP contribution in [0.25, 0.3) is 0 Å². The molecular formula is C14H18N2O5S. The molecule has 1 N–H and O–H groups in total. The average molecular weight is 326 g/mol. The van der Waals surface area contributed by atoms with E-state index in [-0.39, 0.29) is 11.8 Å². The molecule has 1 aliphatic heterocycles. The number of hydrogen-bond donors (Lipinski definition) is 1. The summed E-state index contributed by atoms with van der Waals surface area (Å²) in [7, 11) is 2.61. The first-order valence-electron chi connectivity index (χ1n) is 6.86. The van der Waals surface area contributed by atoms with E-state index in [1.807, 2.05) is 0 Å². The summed E-state index contributed by atoms with van der Waals surface area (Å²) < 4.78 is 9.36. The number of likely N-dealkylation sites (tertiary alicyclic amines) is 1. The second kappa shape index (κ2) is 7.26. The molecule has 1 fully saturated rings. The molecule has 1 saturated heterocycles. The zero-order valence-corrected chi connectivity index (χ0v) is 13.3. The number of amides is 2. The Morgan fingerprint density at radius 1 is 1.32 bits per heavy atom. The van der Waals surface area contributed by atoms with Gasteiger partial charge in [-0.2, -0.15) is 0 Å². The van der Waals surface area contributed by atoms with Crippen LogP contribution in [0.2, 0.25) is 0 Å². The maximum atomic E-state index is 12.3. The van der Waals surface area contributed by atoms with Gasteiger partial charge in [0.1, 0.15) is 4.88 Å². The maximum Gasteiger partial charge on any atom is 0.409 e. The highest BCUT2D eigenvalue weighted by atomic mass is 32.1. The van der Waals surface area contributed by atoms with E-state index in [1.54, 1.807) is 11.4 Å². The Balaban J connectivity index is 2.02. The quantitative estimate of drug-likeness (QED) is 0.858. The molecule has 7 nitrogen and oxygen atoms in total. The van der Waals surface area contributed by atoms with Crippen molar-refractivity contribution in [3.8, 4) is 0 Å². The van der Waals surface area contributed by atoms with E-state index in [0.29, 0.717) is 30.1 Å². The van der Waals surface area contributed by atoms with Crippen LogP contribution in [0.15, 0.2) is 11.4 Å². The number of carbonyl (C=O) groups excluding carboxylic acids is 3. The van der Waals surface area contributed by atoms with Crippen molar-refractivity contribution in [1.29, 1.82) is 0 Å². The topological polar surface area (TPSA) is 84.9 Å². The fourth-order valence-electron chi connectivity index (χ4n) is 2.38. The lowest BCUT2D eigenvalue weighted by molar-refractivity contribution is -0.121. The SMILES string of the molecule is COC(=O)c1sccc1NC(=O)[C@H]1CCCN(C(=O)OC)C1. The molecule has 0 unspecified atom stereocenters. The molecule has 0 saturated carbocycles. The fraction of sp³-hybridized carbons (Fsp3) is 0.500. The second-order valence-electron chi connectivity index (χ2n) is 4.90. The second-order valence-corrected chi connectivity index (χ2v) is 5.82. The summed E-state index contributed by atoms with van der Waals surface area (Å²) >= 11 is 1.21. The first-order chi connectivity index (χ1) is 10.6. The molecular weight excluding hydrogens is 308 g/mol. The minimum Gasteiger partial charge on any atom is -0.465 e. The third-order valence-corrected chi connectivity index (χ3v) is 4.41. The lowest BCUT2D eigenvalue weighted by Gasteiger charge is -2.30. The van der Waals surface area contributed by atoms with Gasteiger partial charge < -0.3 is 19.7 Å². The van der Waals surface area contributed by atoms with Gasteiger partial charge >= 0.3 is 12.1 Å². The van der Waals surface area contributed by atoms with Crippen molar-refractivity contribution in [1.82, 2.24) is 4.90 Å². The van der Waals surface area contributed by atoms with Gasteiger partial charge in [-0.25, -0.2) is 9.59 Å². The predicted molar refractivity (Wildman–Crippen MR) is 81.0 cm³/mol. The van der Waals surface area contributed by atoms with Gasteiger partial charge in [0.2, 0.25) is 5.91 Å². The van der Waals surface area contributed by atoms with Crippen LogP contribution in [0.4, 0.5) is 10.5 Å². The standard InChI is InChI=1S/C14H18N2O5S/c1-20-13(18)11-10(5-7-22-11)15-12(17)9-4-3-6-16(8-9)14(19)21-2/h5,7,9H,3-4,6,8H2,1-2H3,(H,15,17)/t9-/m0/s1. The number of thiophene rings is 1. The van der Waals surface area contributed by atoms with E-state index in [9.17, 15) is 14.4 Å². The van der Waals surface area contributed by atoms with Crippen LogP contribution in [-0.4, -0.2) is 50.2 Å². The van der Waals surface area contributed by atoms with Gasteiger partial charge in [0, 0.05) is 13.1 Å². The summed E-state index contributed by atoms with van der Waals surface area (Å²) in [5.41, 5.74) is 0.442. The molecule has 1 aromatic rings. The first-order valence-corrected chi connectivity index (χ1v) is 7.74. The minimum atomic E-state index is -0.481.